The molecular formula is C21H12Cl2F3N3O5S. The molecule has 35 heavy (non-hydrogen) atoms. The van der Waals surface area contributed by atoms with Crippen molar-refractivity contribution < 1.29 is 35.9 Å². The maximum atomic E-state index is 13.2. The lowest BCUT2D eigenvalue weighted by Gasteiger charge is -2.15. The van der Waals surface area contributed by atoms with E-state index >= 15 is 0 Å². The summed E-state index contributed by atoms with van der Waals surface area (Å²) in [7, 11) is -3.29. The summed E-state index contributed by atoms with van der Waals surface area (Å²) in [6, 6.07) is 5.69. The second-order valence-corrected chi connectivity index (χ2v) is 9.62. The monoisotopic (exact) mass is 545 g/mol. The van der Waals surface area contributed by atoms with Crippen LogP contribution in [0.5, 0.6) is 5.75 Å². The fourth-order valence-electron chi connectivity index (χ4n) is 3.38. The van der Waals surface area contributed by atoms with Gasteiger partial charge in [0.15, 0.2) is 0 Å². The van der Waals surface area contributed by atoms with Gasteiger partial charge < -0.3 is 4.74 Å². The lowest BCUT2D eigenvalue weighted by Crippen LogP contribution is -2.29. The molecule has 0 aliphatic carbocycles. The zero-order valence-corrected chi connectivity index (χ0v) is 19.7. The minimum Gasteiger partial charge on any atom is -0.495 e. The molecule has 14 heteroatoms. The van der Waals surface area contributed by atoms with Crippen LogP contribution >= 0.6 is 23.2 Å². The number of nitrogens with zero attached hydrogens (tertiary/aromatic N) is 2. The number of methoxy groups -OCH3 is 1. The molecule has 2 aromatic carbocycles. The lowest BCUT2D eigenvalue weighted by atomic mass is 10.1. The highest BCUT2D eigenvalue weighted by Crippen LogP contribution is 2.39. The van der Waals surface area contributed by atoms with E-state index in [9.17, 15) is 31.2 Å². The maximum Gasteiger partial charge on any atom is 0.417 e. The number of sulfonamides is 1. The highest BCUT2D eigenvalue weighted by Gasteiger charge is 2.42. The Morgan fingerprint density at radius 3 is 2.29 bits per heavy atom. The number of pyridine rings is 1. The number of halogens is 5. The minimum atomic E-state index is -4.90. The molecule has 0 spiro atoms. The molecule has 1 aromatic heterocycles. The van der Waals surface area contributed by atoms with Gasteiger partial charge in [0.25, 0.3) is 21.8 Å². The van der Waals surface area contributed by atoms with Crippen molar-refractivity contribution in [1.82, 2.24) is 4.98 Å². The number of hydrogen-bond donors (Lipinski definition) is 1. The van der Waals surface area contributed by atoms with Crippen LogP contribution < -0.4 is 14.4 Å². The Balaban J connectivity index is 1.78. The number of anilines is 2. The average Bonchev–Trinajstić information content (AvgIpc) is 3.06. The highest BCUT2D eigenvalue weighted by atomic mass is 35.5. The number of carbonyl (C=O) groups excluding carboxylic acids is 2. The van der Waals surface area contributed by atoms with E-state index in [0.29, 0.717) is 6.07 Å². The van der Waals surface area contributed by atoms with Crippen LogP contribution in [-0.2, 0) is 16.2 Å². The van der Waals surface area contributed by atoms with Gasteiger partial charge in [0.2, 0.25) is 0 Å². The van der Waals surface area contributed by atoms with Crippen LogP contribution in [0.3, 0.4) is 0 Å². The molecule has 0 saturated carbocycles. The van der Waals surface area contributed by atoms with Gasteiger partial charge in [-0.3, -0.25) is 19.3 Å². The standard InChI is InChI=1S/C21H12Cl2F3N3O5S/c1-34-11-6-10(8-27-9-11)29-19(30)17-15(23)4-5-16(18(17)20(29)31)28-35(32,33)12-2-3-14(22)13(7-12)21(24,25)26/h2-9,28H,1H3. The van der Waals surface area contributed by atoms with Crippen LogP contribution in [0.15, 0.2) is 53.7 Å². The summed E-state index contributed by atoms with van der Waals surface area (Å²) in [5.41, 5.74) is -2.34. The molecule has 0 radical (unpaired) electrons. The van der Waals surface area contributed by atoms with Crippen molar-refractivity contribution >= 4 is 56.4 Å². The summed E-state index contributed by atoms with van der Waals surface area (Å²) >= 11 is 11.7. The predicted octanol–water partition coefficient (Wildman–Crippen LogP) is 5.02. The quantitative estimate of drug-likeness (QED) is 0.451. The molecule has 1 aliphatic rings. The normalized spacial score (nSPS) is 13.7. The van der Waals surface area contributed by atoms with Crippen molar-refractivity contribution in [2.24, 2.45) is 0 Å². The first-order chi connectivity index (χ1) is 16.3. The molecule has 3 aromatic rings. The van der Waals surface area contributed by atoms with Crippen molar-refractivity contribution in [3.05, 3.63) is 75.5 Å². The minimum absolute atomic E-state index is 0.0351. The molecule has 0 fully saturated rings. The highest BCUT2D eigenvalue weighted by molar-refractivity contribution is 7.92. The van der Waals surface area contributed by atoms with Crippen LogP contribution in [0.2, 0.25) is 10.0 Å². The zero-order chi connectivity index (χ0) is 25.7. The number of carbonyl (C=O) groups is 2. The Morgan fingerprint density at radius 2 is 1.63 bits per heavy atom. The van der Waals surface area contributed by atoms with Crippen molar-refractivity contribution in [2.45, 2.75) is 11.1 Å². The molecule has 0 atom stereocenters. The maximum absolute atomic E-state index is 13.2. The van der Waals surface area contributed by atoms with Gasteiger partial charge in [-0.1, -0.05) is 23.2 Å². The molecule has 182 valence electrons. The fraction of sp³-hybridized carbons (Fsp3) is 0.0952. The van der Waals surface area contributed by atoms with Crippen LogP contribution in [0.4, 0.5) is 24.5 Å². The van der Waals surface area contributed by atoms with E-state index in [1.54, 1.807) is 0 Å². The summed E-state index contributed by atoms with van der Waals surface area (Å²) in [6.07, 6.45) is -2.35. The van der Waals surface area contributed by atoms with E-state index in [1.807, 2.05) is 0 Å². The summed E-state index contributed by atoms with van der Waals surface area (Å²) < 4.78 is 72.5. The topological polar surface area (TPSA) is 106 Å². The average molecular weight is 546 g/mol. The molecule has 0 saturated heterocycles. The van der Waals surface area contributed by atoms with Gasteiger partial charge >= 0.3 is 6.18 Å². The van der Waals surface area contributed by atoms with Crippen LogP contribution in [0, 0.1) is 0 Å². The Labute approximate surface area is 206 Å². The number of benzene rings is 2. The van der Waals surface area contributed by atoms with Crippen LogP contribution in [-0.4, -0.2) is 32.3 Å². The SMILES string of the molecule is COc1cncc(N2C(=O)c3c(Cl)ccc(NS(=O)(=O)c4ccc(Cl)c(C(F)(F)F)c4)c3C2=O)c1. The van der Waals surface area contributed by atoms with Crippen LogP contribution in [0.25, 0.3) is 0 Å². The van der Waals surface area contributed by atoms with E-state index in [0.717, 1.165) is 23.1 Å². The Kier molecular flexibility index (Phi) is 6.16. The molecular weight excluding hydrogens is 534 g/mol. The lowest BCUT2D eigenvalue weighted by molar-refractivity contribution is -0.137. The third kappa shape index (κ3) is 4.40. The first-order valence-electron chi connectivity index (χ1n) is 9.45. The number of ether oxygens (including phenoxy) is 1. The Hall–Kier alpha value is -3.35. The zero-order valence-electron chi connectivity index (χ0n) is 17.4. The third-order valence-corrected chi connectivity index (χ3v) is 6.99. The predicted molar refractivity (Wildman–Crippen MR) is 121 cm³/mol. The van der Waals surface area contributed by atoms with E-state index in [2.05, 4.69) is 9.71 Å². The summed E-state index contributed by atoms with van der Waals surface area (Å²) in [5.74, 6) is -1.53. The van der Waals surface area contributed by atoms with Gasteiger partial charge in [0, 0.05) is 6.07 Å². The number of aromatic nitrogens is 1. The number of fused-ring (bicyclic) bond motifs is 1. The number of imide groups is 1. The molecule has 2 amide bonds. The Morgan fingerprint density at radius 1 is 0.971 bits per heavy atom. The Bertz CT molecular complexity index is 1500. The first kappa shape index (κ1) is 24.8. The molecule has 1 N–H and O–H groups in total. The van der Waals surface area contributed by atoms with Crippen molar-refractivity contribution in [2.75, 3.05) is 16.7 Å². The van der Waals surface area contributed by atoms with E-state index < -0.39 is 43.5 Å². The number of amides is 2. The number of hydrogen-bond acceptors (Lipinski definition) is 6. The second kappa shape index (κ2) is 8.70. The van der Waals surface area contributed by atoms with Crippen molar-refractivity contribution in [3.63, 3.8) is 0 Å². The number of alkyl halides is 3. The number of rotatable bonds is 5. The van der Waals surface area contributed by atoms with Gasteiger partial charge in [-0.25, -0.2) is 13.3 Å². The van der Waals surface area contributed by atoms with Gasteiger partial charge in [0.05, 0.1) is 62.5 Å². The fourth-order valence-corrected chi connectivity index (χ4v) is 4.94. The van der Waals surface area contributed by atoms with Gasteiger partial charge in [-0.2, -0.15) is 13.2 Å². The number of nitrogens with one attached hydrogen (secondary N) is 1. The van der Waals surface area contributed by atoms with Crippen LogP contribution in [0.1, 0.15) is 26.3 Å². The second-order valence-electron chi connectivity index (χ2n) is 7.12. The molecule has 2 heterocycles. The summed E-state index contributed by atoms with van der Waals surface area (Å²) in [6.45, 7) is 0. The van der Waals surface area contributed by atoms with E-state index in [4.69, 9.17) is 27.9 Å². The largest absolute Gasteiger partial charge is 0.495 e. The van der Waals surface area contributed by atoms with Gasteiger partial charge in [-0.15, -0.1) is 0 Å². The van der Waals surface area contributed by atoms with Crippen molar-refractivity contribution in [3.8, 4) is 5.75 Å². The summed E-state index contributed by atoms with van der Waals surface area (Å²) in [5, 5.41) is -0.822. The molecule has 8 nitrogen and oxygen atoms in total. The third-order valence-electron chi connectivity index (χ3n) is 4.98. The van der Waals surface area contributed by atoms with Gasteiger partial charge in [-0.05, 0) is 30.3 Å². The van der Waals surface area contributed by atoms with E-state index in [1.165, 1.54) is 31.6 Å². The van der Waals surface area contributed by atoms with Gasteiger partial charge in [0.1, 0.15) is 5.75 Å². The molecule has 4 rings (SSSR count). The smallest absolute Gasteiger partial charge is 0.417 e. The van der Waals surface area contributed by atoms with E-state index in [-0.39, 0.29) is 33.3 Å². The molecule has 1 aliphatic heterocycles. The molecule has 0 unspecified atom stereocenters. The van der Waals surface area contributed by atoms with Crippen molar-refractivity contribution in [1.29, 1.82) is 0 Å². The molecule has 0 bridgehead atoms. The summed E-state index contributed by atoms with van der Waals surface area (Å²) in [4.78, 5) is 30.1. The first-order valence-corrected chi connectivity index (χ1v) is 11.7.